The summed E-state index contributed by atoms with van der Waals surface area (Å²) in [6.07, 6.45) is 3.21. The zero-order chi connectivity index (χ0) is 12.1. The lowest BCUT2D eigenvalue weighted by Gasteiger charge is -2.27. The molecule has 0 aromatic rings. The number of hydrogen-bond donors (Lipinski definition) is 2. The Kier molecular flexibility index (Phi) is 5.88. The van der Waals surface area contributed by atoms with Crippen LogP contribution in [0.1, 0.15) is 53.4 Å². The van der Waals surface area contributed by atoms with Crippen molar-refractivity contribution in [2.45, 2.75) is 59.0 Å². The van der Waals surface area contributed by atoms with Gasteiger partial charge >= 0.3 is 5.97 Å². The fourth-order valence-corrected chi connectivity index (χ4v) is 1.59. The van der Waals surface area contributed by atoms with Crippen LogP contribution in [0.4, 0.5) is 0 Å². The number of carboxylic acids is 1. The summed E-state index contributed by atoms with van der Waals surface area (Å²) < 4.78 is 0. The second-order valence-corrected chi connectivity index (χ2v) is 5.02. The number of hydrogen-bond acceptors (Lipinski definition) is 2. The van der Waals surface area contributed by atoms with Crippen LogP contribution in [-0.2, 0) is 4.79 Å². The molecule has 0 bridgehead atoms. The van der Waals surface area contributed by atoms with E-state index in [9.17, 15) is 9.90 Å². The SMILES string of the molecule is CC(C)CCCCC(O)(C(=O)O)C(C)C. The van der Waals surface area contributed by atoms with Gasteiger partial charge in [-0.15, -0.1) is 0 Å². The minimum absolute atomic E-state index is 0.242. The van der Waals surface area contributed by atoms with E-state index in [1.165, 1.54) is 0 Å². The molecule has 3 heteroatoms. The Morgan fingerprint density at radius 1 is 1.20 bits per heavy atom. The average Bonchev–Trinajstić information content (AvgIpc) is 2.10. The second-order valence-electron chi connectivity index (χ2n) is 5.02. The van der Waals surface area contributed by atoms with Gasteiger partial charge in [-0.3, -0.25) is 0 Å². The number of unbranched alkanes of at least 4 members (excludes halogenated alkanes) is 1. The van der Waals surface area contributed by atoms with Gasteiger partial charge in [0.2, 0.25) is 0 Å². The fourth-order valence-electron chi connectivity index (χ4n) is 1.59. The second kappa shape index (κ2) is 6.11. The molecule has 0 aromatic heterocycles. The zero-order valence-electron chi connectivity index (χ0n) is 10.3. The van der Waals surface area contributed by atoms with Crippen molar-refractivity contribution >= 4 is 5.97 Å². The van der Waals surface area contributed by atoms with E-state index in [1.807, 2.05) is 0 Å². The van der Waals surface area contributed by atoms with Crippen molar-refractivity contribution in [2.24, 2.45) is 11.8 Å². The predicted molar refractivity (Wildman–Crippen MR) is 60.7 cm³/mol. The van der Waals surface area contributed by atoms with Crippen molar-refractivity contribution < 1.29 is 15.0 Å². The first-order chi connectivity index (χ1) is 6.80. The summed E-state index contributed by atoms with van der Waals surface area (Å²) in [6.45, 7) is 7.78. The van der Waals surface area contributed by atoms with Gasteiger partial charge in [-0.1, -0.05) is 40.5 Å². The molecule has 0 rings (SSSR count). The van der Waals surface area contributed by atoms with E-state index in [0.29, 0.717) is 12.3 Å². The maximum absolute atomic E-state index is 10.9. The minimum Gasteiger partial charge on any atom is -0.479 e. The first-order valence-electron chi connectivity index (χ1n) is 5.76. The Bertz CT molecular complexity index is 199. The highest BCUT2D eigenvalue weighted by atomic mass is 16.4. The summed E-state index contributed by atoms with van der Waals surface area (Å²) in [4.78, 5) is 10.9. The lowest BCUT2D eigenvalue weighted by atomic mass is 9.85. The highest BCUT2D eigenvalue weighted by Gasteiger charge is 2.38. The first-order valence-corrected chi connectivity index (χ1v) is 5.76. The standard InChI is InChI=1S/C12H24O3/c1-9(2)7-5-6-8-12(15,10(3)4)11(13)14/h9-10,15H,5-8H2,1-4H3,(H,13,14). The molecule has 0 aliphatic carbocycles. The Labute approximate surface area is 92.5 Å². The summed E-state index contributed by atoms with van der Waals surface area (Å²) in [5.74, 6) is -0.696. The van der Waals surface area contributed by atoms with E-state index in [-0.39, 0.29) is 5.92 Å². The van der Waals surface area contributed by atoms with Gasteiger partial charge in [-0.2, -0.15) is 0 Å². The van der Waals surface area contributed by atoms with Gasteiger partial charge in [0.25, 0.3) is 0 Å². The number of carbonyl (C=O) groups is 1. The summed E-state index contributed by atoms with van der Waals surface area (Å²) in [6, 6.07) is 0. The third kappa shape index (κ3) is 4.65. The molecule has 0 heterocycles. The molecule has 0 amide bonds. The van der Waals surface area contributed by atoms with Gasteiger partial charge in [-0.05, 0) is 24.7 Å². The average molecular weight is 216 g/mol. The van der Waals surface area contributed by atoms with Crippen LogP contribution in [0.15, 0.2) is 0 Å². The predicted octanol–water partition coefficient (Wildman–Crippen LogP) is 2.67. The fraction of sp³-hybridized carbons (Fsp3) is 0.917. The van der Waals surface area contributed by atoms with Gasteiger partial charge in [-0.25, -0.2) is 4.79 Å². The van der Waals surface area contributed by atoms with Crippen LogP contribution in [0, 0.1) is 11.8 Å². The summed E-state index contributed by atoms with van der Waals surface area (Å²) in [7, 11) is 0. The van der Waals surface area contributed by atoms with Crippen LogP contribution in [0.25, 0.3) is 0 Å². The van der Waals surface area contributed by atoms with Crippen LogP contribution >= 0.6 is 0 Å². The van der Waals surface area contributed by atoms with Gasteiger partial charge < -0.3 is 10.2 Å². The van der Waals surface area contributed by atoms with E-state index in [4.69, 9.17) is 5.11 Å². The molecule has 15 heavy (non-hydrogen) atoms. The largest absolute Gasteiger partial charge is 0.479 e. The van der Waals surface area contributed by atoms with Crippen molar-refractivity contribution in [1.82, 2.24) is 0 Å². The molecule has 1 unspecified atom stereocenters. The maximum Gasteiger partial charge on any atom is 0.335 e. The Hall–Kier alpha value is -0.570. The highest BCUT2D eigenvalue weighted by Crippen LogP contribution is 2.24. The Balaban J connectivity index is 4.04. The number of carboxylic acid groups (broad SMARTS) is 1. The molecule has 3 nitrogen and oxygen atoms in total. The molecule has 0 fully saturated rings. The number of aliphatic hydroxyl groups is 1. The molecule has 0 saturated carbocycles. The van der Waals surface area contributed by atoms with Crippen molar-refractivity contribution in [3.63, 3.8) is 0 Å². The van der Waals surface area contributed by atoms with E-state index >= 15 is 0 Å². The molecular weight excluding hydrogens is 192 g/mol. The van der Waals surface area contributed by atoms with Crippen molar-refractivity contribution in [3.8, 4) is 0 Å². The van der Waals surface area contributed by atoms with Crippen LogP contribution in [-0.4, -0.2) is 21.8 Å². The van der Waals surface area contributed by atoms with Gasteiger partial charge in [0.15, 0.2) is 5.60 Å². The molecule has 0 aliphatic rings. The maximum atomic E-state index is 10.9. The van der Waals surface area contributed by atoms with Crippen LogP contribution in [0.5, 0.6) is 0 Å². The topological polar surface area (TPSA) is 57.5 Å². The molecule has 0 aliphatic heterocycles. The number of aliphatic carboxylic acids is 1. The molecule has 2 N–H and O–H groups in total. The van der Waals surface area contributed by atoms with Crippen LogP contribution in [0.2, 0.25) is 0 Å². The Morgan fingerprint density at radius 2 is 1.73 bits per heavy atom. The molecule has 1 atom stereocenters. The van der Waals surface area contributed by atoms with E-state index in [1.54, 1.807) is 13.8 Å². The highest BCUT2D eigenvalue weighted by molar-refractivity contribution is 5.77. The third-order valence-electron chi connectivity index (χ3n) is 2.91. The smallest absolute Gasteiger partial charge is 0.335 e. The number of rotatable bonds is 7. The molecular formula is C12H24O3. The monoisotopic (exact) mass is 216 g/mol. The molecule has 90 valence electrons. The lowest BCUT2D eigenvalue weighted by Crippen LogP contribution is -2.43. The van der Waals surface area contributed by atoms with Crippen molar-refractivity contribution in [1.29, 1.82) is 0 Å². The lowest BCUT2D eigenvalue weighted by molar-refractivity contribution is -0.164. The molecule has 0 spiro atoms. The van der Waals surface area contributed by atoms with E-state index in [0.717, 1.165) is 19.3 Å². The third-order valence-corrected chi connectivity index (χ3v) is 2.91. The minimum atomic E-state index is -1.54. The normalized spacial score (nSPS) is 15.7. The van der Waals surface area contributed by atoms with Crippen molar-refractivity contribution in [3.05, 3.63) is 0 Å². The molecule has 0 aromatic carbocycles. The Morgan fingerprint density at radius 3 is 2.07 bits per heavy atom. The van der Waals surface area contributed by atoms with E-state index < -0.39 is 11.6 Å². The van der Waals surface area contributed by atoms with Gasteiger partial charge in [0.1, 0.15) is 0 Å². The quantitative estimate of drug-likeness (QED) is 0.643. The first kappa shape index (κ1) is 14.4. The van der Waals surface area contributed by atoms with Crippen LogP contribution in [0.3, 0.4) is 0 Å². The van der Waals surface area contributed by atoms with Gasteiger partial charge in [0.05, 0.1) is 0 Å². The van der Waals surface area contributed by atoms with Crippen molar-refractivity contribution in [2.75, 3.05) is 0 Å². The molecule has 0 radical (unpaired) electrons. The van der Waals surface area contributed by atoms with Crippen LogP contribution < -0.4 is 0 Å². The van der Waals surface area contributed by atoms with Gasteiger partial charge in [0, 0.05) is 0 Å². The van der Waals surface area contributed by atoms with E-state index in [2.05, 4.69) is 13.8 Å². The summed E-state index contributed by atoms with van der Waals surface area (Å²) in [5, 5.41) is 18.9. The molecule has 0 saturated heterocycles. The summed E-state index contributed by atoms with van der Waals surface area (Å²) in [5.41, 5.74) is -1.54. The zero-order valence-corrected chi connectivity index (χ0v) is 10.3. The summed E-state index contributed by atoms with van der Waals surface area (Å²) >= 11 is 0.